The van der Waals surface area contributed by atoms with E-state index in [4.69, 9.17) is 23.7 Å². The second-order valence-electron chi connectivity index (χ2n) is 15.9. The monoisotopic (exact) mass is 975 g/mol. The number of carbonyl (C=O) groups is 7. The Balaban J connectivity index is 0.000000304. The highest BCUT2D eigenvalue weighted by atomic mass is 16.6. The molecule has 6 unspecified atom stereocenters. The van der Waals surface area contributed by atoms with Gasteiger partial charge in [0.25, 0.3) is 0 Å². The molecule has 3 aromatic rings. The van der Waals surface area contributed by atoms with E-state index in [2.05, 4.69) is 29.1 Å². The Labute approximate surface area is 404 Å². The molecule has 1 fully saturated rings. The lowest BCUT2D eigenvalue weighted by Gasteiger charge is -2.35. The maximum atomic E-state index is 13.3. The smallest absolute Gasteiger partial charge is 0.408 e. The van der Waals surface area contributed by atoms with E-state index in [1.54, 1.807) is 43.3 Å². The van der Waals surface area contributed by atoms with Gasteiger partial charge >= 0.3 is 18.2 Å². The highest BCUT2D eigenvalue weighted by molar-refractivity contribution is 6.31. The van der Waals surface area contributed by atoms with Crippen LogP contribution < -0.4 is 20.7 Å². The number of fused-ring (bicyclic) bond motifs is 3. The van der Waals surface area contributed by atoms with E-state index in [0.717, 1.165) is 0 Å². The van der Waals surface area contributed by atoms with E-state index in [1.165, 1.54) is 25.3 Å². The van der Waals surface area contributed by atoms with Crippen molar-refractivity contribution in [1.82, 2.24) is 10.6 Å². The second kappa shape index (κ2) is 26.7. The van der Waals surface area contributed by atoms with Crippen LogP contribution in [-0.2, 0) is 59.4 Å². The summed E-state index contributed by atoms with van der Waals surface area (Å²) in [7, 11) is 1.40. The number of aromatic hydroxyl groups is 1. The minimum absolute atomic E-state index is 0.0217. The maximum Gasteiger partial charge on any atom is 0.408 e. The van der Waals surface area contributed by atoms with Crippen LogP contribution in [0.5, 0.6) is 11.5 Å². The van der Waals surface area contributed by atoms with Gasteiger partial charge in [0.15, 0.2) is 17.9 Å². The second-order valence-corrected chi connectivity index (χ2v) is 15.9. The van der Waals surface area contributed by atoms with Crippen LogP contribution in [0, 0.1) is 5.92 Å². The Kier molecular flexibility index (Phi) is 21.2. The SMILES string of the molecule is C=CCOC(=O)NC(CCC(=O)Nc1ccc(COC(=O)NC2CC(O)OC(C)C2O)cc1)C(=O)OCC=C.CC.COc1cccc2c1C(=O)c1c(O)c3c(c(CO)c1C2=O)CC(C(=O)CO)CC3. The number of anilines is 1. The van der Waals surface area contributed by atoms with Crippen LogP contribution in [0.4, 0.5) is 15.3 Å². The van der Waals surface area contributed by atoms with Gasteiger partial charge in [0.2, 0.25) is 11.7 Å². The lowest BCUT2D eigenvalue weighted by Crippen LogP contribution is -2.54. The summed E-state index contributed by atoms with van der Waals surface area (Å²) < 4.78 is 25.3. The van der Waals surface area contributed by atoms with Crippen LogP contribution in [0.1, 0.15) is 101 Å². The molecule has 3 aromatic carbocycles. The number of nitrogens with one attached hydrogen (secondary N) is 3. The van der Waals surface area contributed by atoms with Crippen LogP contribution in [0.2, 0.25) is 0 Å². The molecular formula is C50H61N3O17. The van der Waals surface area contributed by atoms with Gasteiger partial charge in [-0.3, -0.25) is 19.2 Å². The molecule has 1 heterocycles. The molecule has 8 N–H and O–H groups in total. The van der Waals surface area contributed by atoms with E-state index in [9.17, 15) is 59.1 Å². The molecule has 3 aliphatic rings. The Morgan fingerprint density at radius 2 is 1.57 bits per heavy atom. The van der Waals surface area contributed by atoms with E-state index in [-0.39, 0.29) is 90.6 Å². The summed E-state index contributed by atoms with van der Waals surface area (Å²) in [5.74, 6) is -2.98. The number of Topliss-reactive ketones (excluding diaryl/α,β-unsaturated/α-hetero) is 1. The number of aliphatic hydroxyl groups is 4. The minimum Gasteiger partial charge on any atom is -0.507 e. The first-order valence-electron chi connectivity index (χ1n) is 22.6. The fourth-order valence-corrected chi connectivity index (χ4v) is 8.06. The molecule has 1 aliphatic heterocycles. The summed E-state index contributed by atoms with van der Waals surface area (Å²) >= 11 is 0. The number of ether oxygens (including phenoxy) is 5. The predicted molar refractivity (Wildman–Crippen MR) is 251 cm³/mol. The van der Waals surface area contributed by atoms with Gasteiger partial charge < -0.3 is 65.2 Å². The van der Waals surface area contributed by atoms with Crippen molar-refractivity contribution in [3.8, 4) is 11.5 Å². The molecule has 0 saturated carbocycles. The first-order chi connectivity index (χ1) is 33.6. The van der Waals surface area contributed by atoms with Gasteiger partial charge in [-0.05, 0) is 73.1 Å². The Bertz CT molecular complexity index is 2400. The number of phenols is 1. The predicted octanol–water partition coefficient (Wildman–Crippen LogP) is 3.86. The number of amides is 3. The number of methoxy groups -OCH3 is 1. The van der Waals surface area contributed by atoms with Gasteiger partial charge in [0, 0.05) is 35.6 Å². The van der Waals surface area contributed by atoms with Crippen LogP contribution >= 0.6 is 0 Å². The molecule has 2 aliphatic carbocycles. The number of phenolic OH excluding ortho intramolecular Hbond substituents is 1. The number of aliphatic hydroxyl groups excluding tert-OH is 4. The Morgan fingerprint density at radius 3 is 2.21 bits per heavy atom. The fraction of sp³-hybridized carbons (Fsp3) is 0.420. The largest absolute Gasteiger partial charge is 0.507 e. The number of esters is 1. The Hall–Kier alpha value is -6.97. The van der Waals surface area contributed by atoms with Crippen LogP contribution in [-0.4, -0.2) is 124 Å². The molecule has 0 aromatic heterocycles. The van der Waals surface area contributed by atoms with Gasteiger partial charge in [-0.1, -0.05) is 63.4 Å². The molecule has 1 saturated heterocycles. The quantitative estimate of drug-likeness (QED) is 0.0423. The molecule has 378 valence electrons. The molecule has 0 bridgehead atoms. The van der Waals surface area contributed by atoms with Crippen molar-refractivity contribution in [1.29, 1.82) is 0 Å². The molecule has 6 atom stereocenters. The number of carbonyl (C=O) groups excluding carboxylic acids is 7. The number of ketones is 3. The summed E-state index contributed by atoms with van der Waals surface area (Å²) in [6, 6.07) is 9.36. The average molecular weight is 976 g/mol. The minimum atomic E-state index is -1.10. The zero-order valence-corrected chi connectivity index (χ0v) is 39.5. The van der Waals surface area contributed by atoms with Crippen molar-refractivity contribution in [3.63, 3.8) is 0 Å². The number of alkyl carbamates (subject to hydrolysis) is 2. The number of hydrogen-bond donors (Lipinski definition) is 8. The van der Waals surface area contributed by atoms with Gasteiger partial charge in [-0.2, -0.15) is 0 Å². The molecule has 3 amide bonds. The van der Waals surface area contributed by atoms with E-state index < -0.39 is 85.3 Å². The van der Waals surface area contributed by atoms with Crippen molar-refractivity contribution in [3.05, 3.63) is 112 Å². The van der Waals surface area contributed by atoms with E-state index in [1.807, 2.05) is 13.8 Å². The van der Waals surface area contributed by atoms with Crippen molar-refractivity contribution < 1.29 is 82.8 Å². The lowest BCUT2D eigenvalue weighted by atomic mass is 9.73. The topological polar surface area (TPSA) is 303 Å². The summed E-state index contributed by atoms with van der Waals surface area (Å²) in [6.07, 6.45) is -0.801. The molecule has 6 rings (SSSR count). The fourth-order valence-electron chi connectivity index (χ4n) is 8.06. The normalized spacial score (nSPS) is 19.0. The summed E-state index contributed by atoms with van der Waals surface area (Å²) in [4.78, 5) is 87.1. The van der Waals surface area contributed by atoms with E-state index in [0.29, 0.717) is 35.2 Å². The van der Waals surface area contributed by atoms with Crippen molar-refractivity contribution in [2.45, 2.75) is 103 Å². The van der Waals surface area contributed by atoms with Crippen LogP contribution in [0.15, 0.2) is 67.8 Å². The Morgan fingerprint density at radius 1 is 0.886 bits per heavy atom. The van der Waals surface area contributed by atoms with Crippen LogP contribution in [0.25, 0.3) is 0 Å². The van der Waals surface area contributed by atoms with Gasteiger partial charge in [-0.25, -0.2) is 14.4 Å². The highest BCUT2D eigenvalue weighted by Crippen LogP contribution is 2.45. The van der Waals surface area contributed by atoms with Crippen molar-refractivity contribution in [2.24, 2.45) is 5.92 Å². The standard InChI is InChI=1S/C26H35N3O10.C22H20O7.C2H6/c1-4-12-36-24(33)19(28-25(34)37-13-5-2)10-11-21(30)27-18-8-6-17(7-9-18)15-38-26(35)29-20-14-22(31)39-16(3)23(20)32;1-29-16-4-2-3-12-17(16)22(28)19-18(21(12)27)14(8-23)13-7-10(15(25)9-24)5-6-11(13)20(19)26;1-2/h4-9,16,19-20,22-23,31-32H,1-2,10-15H2,3H3,(H,27,30)(H,28,34)(H,29,35);2-4,10,23-24,26H,5-9H2,1H3;1-2H3. The number of benzene rings is 3. The van der Waals surface area contributed by atoms with Crippen LogP contribution in [0.3, 0.4) is 0 Å². The summed E-state index contributed by atoms with van der Waals surface area (Å²) in [6.45, 7) is 11.2. The first-order valence-corrected chi connectivity index (χ1v) is 22.6. The number of hydrogen-bond acceptors (Lipinski definition) is 17. The molecule has 70 heavy (non-hydrogen) atoms. The van der Waals surface area contributed by atoms with Gasteiger partial charge in [0.1, 0.15) is 50.1 Å². The van der Waals surface area contributed by atoms with Gasteiger partial charge in [-0.15, -0.1) is 0 Å². The van der Waals surface area contributed by atoms with Gasteiger partial charge in [0.05, 0.1) is 37.0 Å². The maximum absolute atomic E-state index is 13.3. The third-order valence-electron chi connectivity index (χ3n) is 11.5. The van der Waals surface area contributed by atoms with E-state index >= 15 is 0 Å². The zero-order chi connectivity index (χ0) is 51.7. The lowest BCUT2D eigenvalue weighted by molar-refractivity contribution is -0.201. The van der Waals surface area contributed by atoms with Crippen molar-refractivity contribution in [2.75, 3.05) is 32.2 Å². The molecular weight excluding hydrogens is 915 g/mol. The molecule has 0 radical (unpaired) electrons. The van der Waals surface area contributed by atoms with Crippen molar-refractivity contribution >= 4 is 47.1 Å². The summed E-state index contributed by atoms with van der Waals surface area (Å²) in [5, 5.41) is 57.5. The molecule has 0 spiro atoms. The average Bonchev–Trinajstić information content (AvgIpc) is 3.36. The molecule has 20 heteroatoms. The molecule has 20 nitrogen and oxygen atoms in total. The zero-order valence-electron chi connectivity index (χ0n) is 39.5. The first kappa shape index (κ1) is 55.6. The third-order valence-corrected chi connectivity index (χ3v) is 11.5. The third kappa shape index (κ3) is 13.8. The summed E-state index contributed by atoms with van der Waals surface area (Å²) in [5.41, 5.74) is 2.43. The highest BCUT2D eigenvalue weighted by Gasteiger charge is 2.41. The number of rotatable bonds is 17.